The SMILES string of the molecule is Cc1csc(C(=O)Nc2nc(C)nc(-c3ccccn3)n2)n1.Cc1nc(NC(=O)c2nc(-c3ccccc3)cs2)nc(-c2ccccn2)n1.Cc1nc(NC(=O)c2ncc(C)s2)nc(-c2ccccn2)n1.Cc1nc(NC(=O)c2nccs2)nc(-c2ccccn2)n1. The van der Waals surface area contributed by atoms with Gasteiger partial charge in [0.2, 0.25) is 23.8 Å². The van der Waals surface area contributed by atoms with Gasteiger partial charge in [0, 0.05) is 69.5 Å². The van der Waals surface area contributed by atoms with Crippen molar-refractivity contribution in [2.24, 2.45) is 0 Å². The molecule has 13 aromatic rings. The summed E-state index contributed by atoms with van der Waals surface area (Å²) in [5, 5.41) is 17.4. The van der Waals surface area contributed by atoms with E-state index in [-0.39, 0.29) is 47.4 Å². The van der Waals surface area contributed by atoms with Crippen LogP contribution in [0.3, 0.4) is 0 Å². The second-order valence-electron chi connectivity index (χ2n) is 18.6. The molecular formula is C60H48N24O4S4. The van der Waals surface area contributed by atoms with Crippen LogP contribution in [0.15, 0.2) is 156 Å². The summed E-state index contributed by atoms with van der Waals surface area (Å²) in [5.74, 6) is 2.99. The van der Waals surface area contributed by atoms with E-state index < -0.39 is 0 Å². The number of rotatable bonds is 13. The Labute approximate surface area is 539 Å². The van der Waals surface area contributed by atoms with E-state index in [1.807, 2.05) is 103 Å². The van der Waals surface area contributed by atoms with Gasteiger partial charge in [-0.3, -0.25) is 60.4 Å². The molecule has 28 nitrogen and oxygen atoms in total. The lowest BCUT2D eigenvalue weighted by molar-refractivity contribution is 0.101. The Morgan fingerprint density at radius 1 is 0.326 bits per heavy atom. The van der Waals surface area contributed by atoms with Crippen LogP contribution in [0, 0.1) is 41.5 Å². The van der Waals surface area contributed by atoms with Gasteiger partial charge in [0.05, 0.1) is 5.69 Å². The predicted molar refractivity (Wildman–Crippen MR) is 346 cm³/mol. The Balaban J connectivity index is 0.000000135. The minimum absolute atomic E-state index is 0.171. The molecule has 0 radical (unpaired) electrons. The first-order chi connectivity index (χ1) is 44.6. The molecule has 13 rings (SSSR count). The van der Waals surface area contributed by atoms with E-state index in [9.17, 15) is 19.2 Å². The van der Waals surface area contributed by atoms with Crippen LogP contribution in [-0.4, -0.2) is 123 Å². The van der Waals surface area contributed by atoms with Gasteiger partial charge in [-0.25, -0.2) is 39.9 Å². The molecule has 0 spiro atoms. The Kier molecular flexibility index (Phi) is 20.9. The molecule has 0 aliphatic carbocycles. The van der Waals surface area contributed by atoms with Crippen molar-refractivity contribution in [1.29, 1.82) is 0 Å². The van der Waals surface area contributed by atoms with Crippen molar-refractivity contribution >= 4 is 92.8 Å². The Bertz CT molecular complexity index is 4510. The van der Waals surface area contributed by atoms with Gasteiger partial charge in [0.25, 0.3) is 23.6 Å². The van der Waals surface area contributed by atoms with Crippen molar-refractivity contribution in [2.45, 2.75) is 41.5 Å². The summed E-state index contributed by atoms with van der Waals surface area (Å²) in [7, 11) is 0. The van der Waals surface area contributed by atoms with Crippen molar-refractivity contribution in [3.05, 3.63) is 210 Å². The molecule has 0 bridgehead atoms. The number of thiazole rings is 4. The monoisotopic (exact) mass is 1300 g/mol. The number of amides is 4. The molecule has 12 aromatic heterocycles. The molecule has 0 saturated carbocycles. The number of carbonyl (C=O) groups is 4. The van der Waals surface area contributed by atoms with E-state index in [0.29, 0.717) is 89.4 Å². The molecule has 0 aliphatic heterocycles. The Morgan fingerprint density at radius 2 is 0.707 bits per heavy atom. The lowest BCUT2D eigenvalue weighted by Gasteiger charge is -2.05. The van der Waals surface area contributed by atoms with Crippen LogP contribution in [0.4, 0.5) is 23.8 Å². The third-order valence-corrected chi connectivity index (χ3v) is 15.0. The van der Waals surface area contributed by atoms with Gasteiger partial charge in [-0.15, -0.1) is 45.3 Å². The number of nitrogens with zero attached hydrogens (tertiary/aromatic N) is 20. The lowest BCUT2D eigenvalue weighted by atomic mass is 10.2. The van der Waals surface area contributed by atoms with Gasteiger partial charge in [-0.1, -0.05) is 54.6 Å². The number of nitrogens with one attached hydrogen (secondary N) is 4. The number of anilines is 4. The summed E-state index contributed by atoms with van der Waals surface area (Å²) in [4.78, 5) is 133. The van der Waals surface area contributed by atoms with E-state index in [1.165, 1.54) is 45.3 Å². The summed E-state index contributed by atoms with van der Waals surface area (Å²) in [6.07, 6.45) is 9.85. The number of hydrogen-bond donors (Lipinski definition) is 4. The van der Waals surface area contributed by atoms with Gasteiger partial charge in [0.15, 0.2) is 43.3 Å². The van der Waals surface area contributed by atoms with E-state index in [4.69, 9.17) is 0 Å². The van der Waals surface area contributed by atoms with Gasteiger partial charge in [-0.05, 0) is 90.1 Å². The first-order valence-corrected chi connectivity index (χ1v) is 30.7. The Morgan fingerprint density at radius 3 is 1.05 bits per heavy atom. The highest BCUT2D eigenvalue weighted by atomic mass is 32.1. The van der Waals surface area contributed by atoms with Crippen molar-refractivity contribution in [3.8, 4) is 57.3 Å². The average Bonchev–Trinajstić information content (AvgIpc) is 1.81. The normalized spacial score (nSPS) is 10.5. The first kappa shape index (κ1) is 63.3. The fourth-order valence-corrected chi connectivity index (χ4v) is 10.2. The van der Waals surface area contributed by atoms with Crippen molar-refractivity contribution in [2.75, 3.05) is 21.3 Å². The summed E-state index contributed by atoms with van der Waals surface area (Å²) < 4.78 is 0. The number of carbonyl (C=O) groups excluding carboxylic acids is 4. The summed E-state index contributed by atoms with van der Waals surface area (Å²) in [6.45, 7) is 10.7. The molecule has 0 aliphatic rings. The fourth-order valence-electron chi connectivity index (χ4n) is 7.58. The zero-order valence-corrected chi connectivity index (χ0v) is 52.5. The molecule has 4 amide bonds. The zero-order valence-electron chi connectivity index (χ0n) is 49.2. The minimum atomic E-state index is -0.361. The van der Waals surface area contributed by atoms with Gasteiger partial charge >= 0.3 is 0 Å². The number of hydrogen-bond acceptors (Lipinski definition) is 28. The largest absolute Gasteiger partial charge is 0.288 e. The van der Waals surface area contributed by atoms with Crippen LogP contribution in [0.5, 0.6) is 0 Å². The molecule has 0 saturated heterocycles. The molecule has 4 N–H and O–H groups in total. The quantitative estimate of drug-likeness (QED) is 0.0833. The second kappa shape index (κ2) is 30.5. The van der Waals surface area contributed by atoms with Crippen LogP contribution in [0.2, 0.25) is 0 Å². The average molecular weight is 1300 g/mol. The standard InChI is InChI=1S/C19H14N6OS.2C14H12N6OS.C13H10N6OS/c1-12-21-16(14-9-5-6-10-20-14)24-19(22-12)25-17(26)18-23-15(11-27-18)13-7-3-2-4-8-13;1-8-7-22-13(16-8)12(21)20-14-18-9(2)17-11(19-14)10-5-3-4-6-15-10;1-8-7-16-13(22-8)12(21)20-14-18-9(2)17-11(19-14)10-5-3-4-6-15-10;1-8-16-10(9-4-2-3-5-14-9)18-13(17-8)19-11(20)12-15-6-7-21-12/h2-11H,1H3,(H,21,22,24,25,26);2*3-7H,1-2H3,(H,17,18,19,20,21);2-7H,1H3,(H,16,17,18,19,20). The maximum atomic E-state index is 12.5. The number of aryl methyl sites for hydroxylation is 6. The zero-order chi connectivity index (χ0) is 64.3. The van der Waals surface area contributed by atoms with Crippen LogP contribution >= 0.6 is 45.3 Å². The highest BCUT2D eigenvalue weighted by molar-refractivity contribution is 7.13. The molecule has 0 fully saturated rings. The maximum Gasteiger partial charge on any atom is 0.287 e. The van der Waals surface area contributed by atoms with E-state index in [1.54, 1.807) is 94.5 Å². The van der Waals surface area contributed by atoms with Gasteiger partial charge in [-0.2, -0.15) is 39.9 Å². The molecule has 1 aromatic carbocycles. The molecule has 0 unspecified atom stereocenters. The topological polar surface area (TPSA) is 374 Å². The molecular weight excluding hydrogens is 1250 g/mol. The van der Waals surface area contributed by atoms with Crippen molar-refractivity contribution in [1.82, 2.24) is 99.7 Å². The Hall–Kier alpha value is -11.7. The van der Waals surface area contributed by atoms with Gasteiger partial charge in [0.1, 0.15) is 46.1 Å². The molecule has 12 heterocycles. The van der Waals surface area contributed by atoms with E-state index in [2.05, 4.69) is 121 Å². The number of benzene rings is 1. The summed E-state index contributed by atoms with van der Waals surface area (Å²) in [5.41, 5.74) is 4.98. The molecule has 32 heteroatoms. The highest BCUT2D eigenvalue weighted by Gasteiger charge is 2.19. The molecule has 456 valence electrons. The van der Waals surface area contributed by atoms with Crippen LogP contribution < -0.4 is 21.3 Å². The van der Waals surface area contributed by atoms with Crippen LogP contribution in [0.1, 0.15) is 73.1 Å². The number of aromatic nitrogens is 20. The smallest absolute Gasteiger partial charge is 0.287 e. The summed E-state index contributed by atoms with van der Waals surface area (Å²) >= 11 is 5.11. The van der Waals surface area contributed by atoms with Gasteiger partial charge < -0.3 is 0 Å². The maximum absolute atomic E-state index is 12.5. The van der Waals surface area contributed by atoms with Crippen molar-refractivity contribution < 1.29 is 19.2 Å². The van der Waals surface area contributed by atoms with E-state index in [0.717, 1.165) is 21.8 Å². The third kappa shape index (κ3) is 17.7. The molecule has 0 atom stereocenters. The molecule has 92 heavy (non-hydrogen) atoms. The first-order valence-electron chi connectivity index (χ1n) is 27.2. The van der Waals surface area contributed by atoms with Crippen LogP contribution in [0.25, 0.3) is 57.3 Å². The minimum Gasteiger partial charge on any atom is -0.288 e. The second-order valence-corrected chi connectivity index (χ2v) is 22.5. The predicted octanol–water partition coefficient (Wildman–Crippen LogP) is 10.1. The highest BCUT2D eigenvalue weighted by Crippen LogP contribution is 2.24. The van der Waals surface area contributed by atoms with Crippen LogP contribution in [-0.2, 0) is 0 Å². The fraction of sp³-hybridized carbons (Fsp3) is 0.100. The number of pyridine rings is 4. The van der Waals surface area contributed by atoms with Crippen molar-refractivity contribution in [3.63, 3.8) is 0 Å². The van der Waals surface area contributed by atoms with E-state index >= 15 is 0 Å². The summed E-state index contributed by atoms with van der Waals surface area (Å²) in [6, 6.07) is 31.5. The lowest BCUT2D eigenvalue weighted by Crippen LogP contribution is -2.15. The third-order valence-electron chi connectivity index (χ3n) is 11.5.